The van der Waals surface area contributed by atoms with Gasteiger partial charge in [-0.3, -0.25) is 9.59 Å². The summed E-state index contributed by atoms with van der Waals surface area (Å²) >= 11 is 17.1. The molecule has 0 amide bonds. The number of ether oxygens (including phenoxy) is 2. The molecule has 0 atom stereocenters. The fraction of sp³-hybridized carbons (Fsp3) is 0.161. The zero-order chi connectivity index (χ0) is 37.7. The van der Waals surface area contributed by atoms with Gasteiger partial charge in [0.05, 0.1) is 23.5 Å². The number of fused-ring (bicyclic) bond motifs is 2. The number of rotatable bonds is 6. The first-order chi connectivity index (χ1) is 23.8. The maximum absolute atomic E-state index is 12.3. The summed E-state index contributed by atoms with van der Waals surface area (Å²) in [5, 5.41) is 8.34. The summed E-state index contributed by atoms with van der Waals surface area (Å²) in [6.45, 7) is 3.67. The zero-order valence-corrected chi connectivity index (χ0v) is 28.2. The molecule has 2 aromatic carbocycles. The second kappa shape index (κ2) is 15.8. The first-order valence-electron chi connectivity index (χ1n) is 14.0. The minimum Gasteiger partial charge on any atom is -0.406 e. The molecule has 4 aromatic heterocycles. The van der Waals surface area contributed by atoms with Crippen LogP contribution in [0.2, 0.25) is 10.3 Å². The first kappa shape index (κ1) is 38.7. The number of benzene rings is 2. The smallest absolute Gasteiger partial charge is 0.406 e. The lowest BCUT2D eigenvalue weighted by molar-refractivity contribution is -0.275. The lowest BCUT2D eigenvalue weighted by atomic mass is 10.1. The molecule has 0 bridgehead atoms. The Kier molecular flexibility index (Phi) is 12.0. The molecule has 6 aromatic rings. The number of Topliss-reactive ketones (excluding diaryl/α,β-unsaturated/α-hetero) is 1. The molecule has 20 heteroatoms. The van der Waals surface area contributed by atoms with Crippen LogP contribution in [0, 0.1) is 13.8 Å². The summed E-state index contributed by atoms with van der Waals surface area (Å²) in [6, 6.07) is 15.7. The van der Waals surface area contributed by atoms with Crippen molar-refractivity contribution in [2.45, 2.75) is 33.0 Å². The van der Waals surface area contributed by atoms with Crippen molar-refractivity contribution in [3.05, 3.63) is 111 Å². The number of ketones is 1. The number of hydrogen-bond donors (Lipinski definition) is 1. The summed E-state index contributed by atoms with van der Waals surface area (Å²) in [7, 11) is 0. The predicted octanol–water partition coefficient (Wildman–Crippen LogP) is 8.25. The standard InChI is InChI=1S/C16H11ClF3N3O2.C8H4ClF3O2.C7H7ClN4/c1-9-6-15-21-11(8-14(17)23(15)22-9)7-13(24)10-2-4-12(5-3-10)25-16(18,19)20;9-7(13)5-1-3-6(4-2-5)14-8(10,11)12;1-4-2-7-10-6(9)3-5(8)12(7)11-4/h2-6,8H,7H2,1H3;1-4H;2-3H,1H3,(H2,9,10). The Balaban J connectivity index is 0.000000189. The lowest BCUT2D eigenvalue weighted by Crippen LogP contribution is -2.17. The van der Waals surface area contributed by atoms with E-state index in [1.54, 1.807) is 23.6 Å². The van der Waals surface area contributed by atoms with E-state index in [0.29, 0.717) is 33.1 Å². The molecule has 0 aliphatic rings. The molecule has 4 heterocycles. The van der Waals surface area contributed by atoms with E-state index in [9.17, 15) is 35.9 Å². The van der Waals surface area contributed by atoms with Gasteiger partial charge in [-0.05, 0) is 80.0 Å². The number of alkyl halides is 6. The van der Waals surface area contributed by atoms with Crippen LogP contribution >= 0.6 is 34.8 Å². The number of anilines is 1. The molecule has 268 valence electrons. The van der Waals surface area contributed by atoms with Gasteiger partial charge in [0.1, 0.15) is 27.6 Å². The molecule has 0 radical (unpaired) electrons. The Hall–Kier alpha value is -5.13. The van der Waals surface area contributed by atoms with E-state index in [0.717, 1.165) is 47.8 Å². The molecular formula is C31H22Cl3F6N7O4. The lowest BCUT2D eigenvalue weighted by Gasteiger charge is -2.09. The molecule has 0 saturated heterocycles. The predicted molar refractivity (Wildman–Crippen MR) is 174 cm³/mol. The summed E-state index contributed by atoms with van der Waals surface area (Å²) in [5.41, 5.74) is 9.10. The first-order valence-corrected chi connectivity index (χ1v) is 15.1. The second-order valence-corrected chi connectivity index (χ2v) is 11.3. The number of nitrogen functional groups attached to an aromatic ring is 1. The maximum atomic E-state index is 12.3. The molecular weight excluding hydrogens is 755 g/mol. The van der Waals surface area contributed by atoms with Crippen LogP contribution in [0.4, 0.5) is 32.2 Å². The molecule has 0 unspecified atom stereocenters. The van der Waals surface area contributed by atoms with Crippen LogP contribution in [-0.2, 0) is 6.42 Å². The van der Waals surface area contributed by atoms with Crippen molar-refractivity contribution < 1.29 is 45.4 Å². The molecule has 11 nitrogen and oxygen atoms in total. The number of carbonyl (C=O) groups excluding carboxylic acids is 2. The van der Waals surface area contributed by atoms with Crippen LogP contribution in [-0.4, -0.2) is 52.9 Å². The van der Waals surface area contributed by atoms with Gasteiger partial charge >= 0.3 is 12.7 Å². The molecule has 2 N–H and O–H groups in total. The minimum atomic E-state index is -4.77. The summed E-state index contributed by atoms with van der Waals surface area (Å²) < 4.78 is 81.8. The highest BCUT2D eigenvalue weighted by Crippen LogP contribution is 2.24. The average Bonchev–Trinajstić information content (AvgIpc) is 3.58. The van der Waals surface area contributed by atoms with Crippen molar-refractivity contribution in [2.24, 2.45) is 0 Å². The third-order valence-electron chi connectivity index (χ3n) is 6.15. The van der Waals surface area contributed by atoms with E-state index < -0.39 is 18.0 Å². The van der Waals surface area contributed by atoms with Gasteiger partial charge in [0.15, 0.2) is 17.1 Å². The minimum absolute atomic E-state index is 0.0417. The molecule has 0 spiro atoms. The molecule has 0 fully saturated rings. The normalized spacial score (nSPS) is 11.4. The molecule has 6 rings (SSSR count). The average molecular weight is 777 g/mol. The van der Waals surface area contributed by atoms with Gasteiger partial charge in [-0.25, -0.2) is 19.0 Å². The largest absolute Gasteiger partial charge is 0.573 e. The number of aryl methyl sites for hydroxylation is 2. The summed E-state index contributed by atoms with van der Waals surface area (Å²) in [5.74, 6) is -0.671. The quantitative estimate of drug-likeness (QED) is 0.0767. The number of aromatic nitrogens is 6. The van der Waals surface area contributed by atoms with Crippen molar-refractivity contribution in [3.63, 3.8) is 0 Å². The van der Waals surface area contributed by atoms with Crippen LogP contribution in [0.1, 0.15) is 37.8 Å². The van der Waals surface area contributed by atoms with E-state index in [2.05, 4.69) is 29.6 Å². The SMILES string of the molecule is Cc1cc2nc(CC(=O)c3ccc(OC(F)(F)F)cc3)cc(Cl)n2n1.Cc1cc2nc(N)cc(Cl)n2n1.O=C(Cl)c1ccc(OC(F)(F)F)cc1. The topological polar surface area (TPSA) is 139 Å². The number of carbonyl (C=O) groups is 2. The van der Waals surface area contributed by atoms with Crippen LogP contribution in [0.3, 0.4) is 0 Å². The summed E-state index contributed by atoms with van der Waals surface area (Å²) in [4.78, 5) is 31.2. The van der Waals surface area contributed by atoms with Crippen LogP contribution < -0.4 is 15.2 Å². The Bertz CT molecular complexity index is 2170. The highest BCUT2D eigenvalue weighted by Gasteiger charge is 2.31. The van der Waals surface area contributed by atoms with Crippen molar-refractivity contribution >= 4 is 62.9 Å². The highest BCUT2D eigenvalue weighted by molar-refractivity contribution is 6.67. The van der Waals surface area contributed by atoms with Crippen molar-refractivity contribution in [1.29, 1.82) is 0 Å². The van der Waals surface area contributed by atoms with E-state index in [4.69, 9.17) is 40.5 Å². The van der Waals surface area contributed by atoms with Gasteiger partial charge < -0.3 is 15.2 Å². The van der Waals surface area contributed by atoms with Gasteiger partial charge in [-0.15, -0.1) is 26.3 Å². The Morgan fingerprint density at radius 1 is 0.706 bits per heavy atom. The maximum Gasteiger partial charge on any atom is 0.573 e. The fourth-order valence-corrected chi connectivity index (χ4v) is 4.77. The summed E-state index contributed by atoms with van der Waals surface area (Å²) in [6.07, 6.45) is -9.54. The van der Waals surface area contributed by atoms with Crippen LogP contribution in [0.25, 0.3) is 11.3 Å². The molecule has 51 heavy (non-hydrogen) atoms. The van der Waals surface area contributed by atoms with Crippen molar-refractivity contribution in [2.75, 3.05) is 5.73 Å². The number of halogens is 9. The number of nitrogens with zero attached hydrogens (tertiary/aromatic N) is 6. The zero-order valence-electron chi connectivity index (χ0n) is 25.9. The highest BCUT2D eigenvalue weighted by atomic mass is 35.5. The van der Waals surface area contributed by atoms with Crippen LogP contribution in [0.15, 0.2) is 72.8 Å². The molecule has 0 aliphatic carbocycles. The van der Waals surface area contributed by atoms with Crippen LogP contribution in [0.5, 0.6) is 11.5 Å². The van der Waals surface area contributed by atoms with Gasteiger partial charge in [0, 0.05) is 29.3 Å². The Morgan fingerprint density at radius 3 is 1.59 bits per heavy atom. The van der Waals surface area contributed by atoms with Gasteiger partial charge in [-0.2, -0.15) is 10.2 Å². The van der Waals surface area contributed by atoms with E-state index in [1.807, 2.05) is 13.0 Å². The second-order valence-electron chi connectivity index (χ2n) is 10.2. The van der Waals surface area contributed by atoms with Gasteiger partial charge in [-0.1, -0.05) is 23.2 Å². The van der Waals surface area contributed by atoms with E-state index in [1.165, 1.54) is 22.7 Å². The van der Waals surface area contributed by atoms with E-state index in [-0.39, 0.29) is 34.8 Å². The molecule has 0 saturated carbocycles. The Labute approximate surface area is 298 Å². The van der Waals surface area contributed by atoms with Gasteiger partial charge in [0.2, 0.25) is 0 Å². The monoisotopic (exact) mass is 775 g/mol. The van der Waals surface area contributed by atoms with Gasteiger partial charge in [0.25, 0.3) is 5.24 Å². The fourth-order valence-electron chi connectivity index (χ4n) is 4.16. The number of hydrogen-bond acceptors (Lipinski definition) is 9. The third-order valence-corrected chi connectivity index (χ3v) is 6.91. The Morgan fingerprint density at radius 2 is 1.14 bits per heavy atom. The third kappa shape index (κ3) is 11.4. The van der Waals surface area contributed by atoms with E-state index >= 15 is 0 Å². The molecule has 0 aliphatic heterocycles. The van der Waals surface area contributed by atoms with Crippen molar-refractivity contribution in [1.82, 2.24) is 29.2 Å². The number of nitrogens with two attached hydrogens (primary N) is 1. The van der Waals surface area contributed by atoms with Crippen molar-refractivity contribution in [3.8, 4) is 11.5 Å².